The van der Waals surface area contributed by atoms with Crippen molar-refractivity contribution in [2.24, 2.45) is 0 Å². The molecule has 1 aliphatic rings. The number of amides is 1. The molecule has 0 N–H and O–H groups in total. The van der Waals surface area contributed by atoms with Crippen LogP contribution in [0.5, 0.6) is 0 Å². The highest BCUT2D eigenvalue weighted by Gasteiger charge is 2.30. The average Bonchev–Trinajstić information content (AvgIpc) is 2.67. The van der Waals surface area contributed by atoms with Crippen molar-refractivity contribution in [1.82, 2.24) is 4.90 Å². The molecule has 2 aromatic carbocycles. The lowest BCUT2D eigenvalue weighted by atomic mass is 9.96. The second kappa shape index (κ2) is 8.13. The third-order valence-electron chi connectivity index (χ3n) is 5.34. The Morgan fingerprint density at radius 1 is 1.07 bits per heavy atom. The maximum Gasteiger partial charge on any atom is 0.264 e. The van der Waals surface area contributed by atoms with E-state index >= 15 is 0 Å². The van der Waals surface area contributed by atoms with Gasteiger partial charge in [0.15, 0.2) is 0 Å². The van der Waals surface area contributed by atoms with Crippen molar-refractivity contribution < 1.29 is 13.2 Å². The topological polar surface area (TPSA) is 57.7 Å². The average molecular weight is 421 g/mol. The van der Waals surface area contributed by atoms with Crippen LogP contribution >= 0.6 is 11.6 Å². The van der Waals surface area contributed by atoms with Gasteiger partial charge in [0.2, 0.25) is 0 Å². The van der Waals surface area contributed by atoms with Crippen molar-refractivity contribution in [2.45, 2.75) is 50.1 Å². The molecule has 1 aliphatic heterocycles. The van der Waals surface area contributed by atoms with E-state index in [4.69, 9.17) is 11.6 Å². The summed E-state index contributed by atoms with van der Waals surface area (Å²) in [7, 11) is -2.34. The molecule has 28 heavy (non-hydrogen) atoms. The summed E-state index contributed by atoms with van der Waals surface area (Å²) in [6.45, 7) is 4.09. The molecular formula is C21H25ClN2O3S. The number of nitrogens with zero attached hydrogens (tertiary/aromatic N) is 2. The van der Waals surface area contributed by atoms with Crippen molar-refractivity contribution in [3.8, 4) is 0 Å². The monoisotopic (exact) mass is 420 g/mol. The molecule has 7 heteroatoms. The van der Waals surface area contributed by atoms with Gasteiger partial charge in [-0.05, 0) is 69.5 Å². The highest BCUT2D eigenvalue weighted by molar-refractivity contribution is 7.92. The lowest BCUT2D eigenvalue weighted by Crippen LogP contribution is -2.47. The standard InChI is InChI=1S/C21H25ClN2O3S/c1-15-7-4-8-16(2)24(15)21(25)17-9-5-12-20(13-17)28(26,27)23(3)19-11-6-10-18(22)14-19/h5-6,9-16H,4,7-8H2,1-3H3/t15-,16-/m0/s1. The number of carbonyl (C=O) groups is 1. The van der Waals surface area contributed by atoms with Crippen LogP contribution in [0.2, 0.25) is 5.02 Å². The number of hydrogen-bond acceptors (Lipinski definition) is 3. The Morgan fingerprint density at radius 2 is 1.71 bits per heavy atom. The Hall–Kier alpha value is -2.05. The van der Waals surface area contributed by atoms with Crippen LogP contribution in [0.25, 0.3) is 0 Å². The van der Waals surface area contributed by atoms with E-state index in [0.29, 0.717) is 16.3 Å². The fourth-order valence-electron chi connectivity index (χ4n) is 3.73. The minimum absolute atomic E-state index is 0.0816. The molecule has 0 aromatic heterocycles. The van der Waals surface area contributed by atoms with Crippen molar-refractivity contribution in [3.63, 3.8) is 0 Å². The zero-order valence-corrected chi connectivity index (χ0v) is 17.9. The maximum absolute atomic E-state index is 13.1. The van der Waals surface area contributed by atoms with E-state index < -0.39 is 10.0 Å². The molecule has 1 fully saturated rings. The number of likely N-dealkylation sites (tertiary alicyclic amines) is 1. The fraction of sp³-hybridized carbons (Fsp3) is 0.381. The summed E-state index contributed by atoms with van der Waals surface area (Å²) in [5.41, 5.74) is 0.851. The molecular weight excluding hydrogens is 396 g/mol. The van der Waals surface area contributed by atoms with Crippen LogP contribution in [-0.2, 0) is 10.0 Å². The summed E-state index contributed by atoms with van der Waals surface area (Å²) in [6.07, 6.45) is 3.03. The second-order valence-electron chi connectivity index (χ2n) is 7.32. The van der Waals surface area contributed by atoms with Gasteiger partial charge in [0.05, 0.1) is 10.6 Å². The van der Waals surface area contributed by atoms with Crippen LogP contribution in [0.1, 0.15) is 43.5 Å². The maximum atomic E-state index is 13.1. The summed E-state index contributed by atoms with van der Waals surface area (Å²) in [5, 5.41) is 0.455. The SMILES string of the molecule is C[C@H]1CCC[C@H](C)N1C(=O)c1cccc(S(=O)(=O)N(C)c2cccc(Cl)c2)c1. The normalized spacial score (nSPS) is 20.1. The van der Waals surface area contributed by atoms with Gasteiger partial charge in [-0.2, -0.15) is 0 Å². The Balaban J connectivity index is 1.93. The Labute approximate surface area is 172 Å². The van der Waals surface area contributed by atoms with Gasteiger partial charge in [-0.25, -0.2) is 8.42 Å². The first kappa shape index (κ1) is 20.7. The molecule has 0 spiro atoms. The number of hydrogen-bond donors (Lipinski definition) is 0. The van der Waals surface area contributed by atoms with E-state index in [9.17, 15) is 13.2 Å². The lowest BCUT2D eigenvalue weighted by molar-refractivity contribution is 0.0510. The van der Waals surface area contributed by atoms with Gasteiger partial charge < -0.3 is 4.90 Å². The van der Waals surface area contributed by atoms with Crippen molar-refractivity contribution in [1.29, 1.82) is 0 Å². The van der Waals surface area contributed by atoms with E-state index in [1.165, 1.54) is 23.5 Å². The predicted octanol–water partition coefficient (Wildman–Crippen LogP) is 4.57. The summed E-state index contributed by atoms with van der Waals surface area (Å²) in [4.78, 5) is 15.0. The third-order valence-corrected chi connectivity index (χ3v) is 7.36. The number of carbonyl (C=O) groups excluding carboxylic acids is 1. The van der Waals surface area contributed by atoms with E-state index in [1.54, 1.807) is 36.4 Å². The number of sulfonamides is 1. The first-order valence-corrected chi connectivity index (χ1v) is 11.2. The van der Waals surface area contributed by atoms with Crippen LogP contribution in [0.15, 0.2) is 53.4 Å². The zero-order chi connectivity index (χ0) is 20.5. The van der Waals surface area contributed by atoms with Gasteiger partial charge in [0, 0.05) is 29.7 Å². The smallest absolute Gasteiger partial charge is 0.264 e. The first-order valence-electron chi connectivity index (χ1n) is 9.39. The molecule has 0 saturated carbocycles. The predicted molar refractivity (Wildman–Crippen MR) is 112 cm³/mol. The number of rotatable bonds is 4. The summed E-state index contributed by atoms with van der Waals surface area (Å²) >= 11 is 5.99. The molecule has 1 amide bonds. The van der Waals surface area contributed by atoms with Gasteiger partial charge >= 0.3 is 0 Å². The largest absolute Gasteiger partial charge is 0.333 e. The molecule has 2 atom stereocenters. The summed E-state index contributed by atoms with van der Waals surface area (Å²) in [6, 6.07) is 13.2. The number of halogens is 1. The van der Waals surface area contributed by atoms with Crippen molar-refractivity contribution in [2.75, 3.05) is 11.4 Å². The number of benzene rings is 2. The van der Waals surface area contributed by atoms with Gasteiger partial charge in [0.25, 0.3) is 15.9 Å². The van der Waals surface area contributed by atoms with Gasteiger partial charge in [0.1, 0.15) is 0 Å². The summed E-state index contributed by atoms with van der Waals surface area (Å²) < 4.78 is 27.3. The zero-order valence-electron chi connectivity index (χ0n) is 16.3. The van der Waals surface area contributed by atoms with E-state index in [-0.39, 0.29) is 22.9 Å². The van der Waals surface area contributed by atoms with Crippen LogP contribution < -0.4 is 4.31 Å². The quantitative estimate of drug-likeness (QED) is 0.728. The molecule has 1 saturated heterocycles. The van der Waals surface area contributed by atoms with Gasteiger partial charge in [-0.15, -0.1) is 0 Å². The van der Waals surface area contributed by atoms with Gasteiger partial charge in [-0.3, -0.25) is 9.10 Å². The fourth-order valence-corrected chi connectivity index (χ4v) is 5.15. The highest BCUT2D eigenvalue weighted by Crippen LogP contribution is 2.27. The molecule has 0 aliphatic carbocycles. The van der Waals surface area contributed by atoms with Crippen molar-refractivity contribution in [3.05, 3.63) is 59.1 Å². The molecule has 0 unspecified atom stereocenters. The molecule has 0 bridgehead atoms. The van der Waals surface area contributed by atoms with E-state index in [0.717, 1.165) is 19.3 Å². The minimum Gasteiger partial charge on any atom is -0.333 e. The molecule has 150 valence electrons. The summed E-state index contributed by atoms with van der Waals surface area (Å²) in [5.74, 6) is -0.123. The number of anilines is 1. The van der Waals surface area contributed by atoms with Gasteiger partial charge in [-0.1, -0.05) is 23.7 Å². The van der Waals surface area contributed by atoms with E-state index in [2.05, 4.69) is 0 Å². The minimum atomic E-state index is -3.82. The van der Waals surface area contributed by atoms with Crippen LogP contribution in [0.4, 0.5) is 5.69 Å². The second-order valence-corrected chi connectivity index (χ2v) is 9.73. The third kappa shape index (κ3) is 4.03. The molecule has 0 radical (unpaired) electrons. The Morgan fingerprint density at radius 3 is 2.36 bits per heavy atom. The molecule has 3 rings (SSSR count). The Kier molecular flexibility index (Phi) is 6.01. The molecule has 5 nitrogen and oxygen atoms in total. The van der Waals surface area contributed by atoms with Crippen molar-refractivity contribution >= 4 is 33.2 Å². The highest BCUT2D eigenvalue weighted by atomic mass is 35.5. The first-order chi connectivity index (χ1) is 13.2. The Bertz CT molecular complexity index is 967. The lowest BCUT2D eigenvalue weighted by Gasteiger charge is -2.39. The van der Waals surface area contributed by atoms with E-state index in [1.807, 2.05) is 18.7 Å². The molecule has 1 heterocycles. The molecule has 2 aromatic rings. The number of piperidine rings is 1. The van der Waals surface area contributed by atoms with Crippen LogP contribution in [0, 0.1) is 0 Å². The van der Waals surface area contributed by atoms with Crippen LogP contribution in [-0.4, -0.2) is 38.4 Å². The van der Waals surface area contributed by atoms with Crippen LogP contribution in [0.3, 0.4) is 0 Å².